The predicted octanol–water partition coefficient (Wildman–Crippen LogP) is 1.49. The van der Waals surface area contributed by atoms with Gasteiger partial charge < -0.3 is 15.2 Å². The van der Waals surface area contributed by atoms with Crippen molar-refractivity contribution in [1.29, 1.82) is 0 Å². The highest BCUT2D eigenvalue weighted by molar-refractivity contribution is 5.83. The van der Waals surface area contributed by atoms with Crippen LogP contribution in [0.15, 0.2) is 24.3 Å². The van der Waals surface area contributed by atoms with Crippen molar-refractivity contribution in [3.8, 4) is 5.75 Å². The highest BCUT2D eigenvalue weighted by atomic mass is 16.5. The molecule has 0 bridgehead atoms. The molecule has 102 valence electrons. The molecule has 4 heteroatoms. The molecule has 2 N–H and O–H groups in total. The maximum atomic E-state index is 12.3. The van der Waals surface area contributed by atoms with Crippen LogP contribution in [0.5, 0.6) is 5.75 Å². The van der Waals surface area contributed by atoms with Crippen LogP contribution in [0.2, 0.25) is 0 Å². The Hall–Kier alpha value is -1.39. The Labute approximate surface area is 112 Å². The summed E-state index contributed by atoms with van der Waals surface area (Å²) in [6, 6.07) is 7.84. The number of ketones is 1. The van der Waals surface area contributed by atoms with Gasteiger partial charge in [-0.2, -0.15) is 0 Å². The van der Waals surface area contributed by atoms with Gasteiger partial charge in [-0.1, -0.05) is 18.2 Å². The minimum Gasteiger partial charge on any atom is -0.493 e. The largest absolute Gasteiger partial charge is 0.493 e. The molecule has 1 saturated heterocycles. The van der Waals surface area contributed by atoms with Crippen LogP contribution in [0.4, 0.5) is 0 Å². The average molecular weight is 261 g/mol. The molecule has 3 rings (SSSR count). The topological polar surface area (TPSA) is 61.5 Å². The average Bonchev–Trinajstić information content (AvgIpc) is 2.85. The fourth-order valence-corrected chi connectivity index (χ4v) is 2.92. The molecular formula is C15H19NO3. The van der Waals surface area contributed by atoms with E-state index in [-0.39, 0.29) is 23.7 Å². The summed E-state index contributed by atoms with van der Waals surface area (Å²) in [5.41, 5.74) is 7.06. The highest BCUT2D eigenvalue weighted by Crippen LogP contribution is 2.36. The number of hydrogen-bond donors (Lipinski definition) is 1. The van der Waals surface area contributed by atoms with Crippen LogP contribution in [0.25, 0.3) is 0 Å². The maximum Gasteiger partial charge on any atom is 0.140 e. The second-order valence-electron chi connectivity index (χ2n) is 5.35. The van der Waals surface area contributed by atoms with E-state index in [1.54, 1.807) is 0 Å². The molecule has 2 aliphatic heterocycles. The van der Waals surface area contributed by atoms with E-state index in [0.29, 0.717) is 26.2 Å². The normalized spacial score (nSPS) is 29.6. The van der Waals surface area contributed by atoms with Crippen LogP contribution >= 0.6 is 0 Å². The van der Waals surface area contributed by atoms with Gasteiger partial charge in [0, 0.05) is 12.5 Å². The van der Waals surface area contributed by atoms with Crippen molar-refractivity contribution in [2.45, 2.75) is 24.8 Å². The number of fused-ring (bicyclic) bond motifs is 1. The lowest BCUT2D eigenvalue weighted by Crippen LogP contribution is -2.35. The first kappa shape index (κ1) is 12.6. The van der Waals surface area contributed by atoms with E-state index < -0.39 is 0 Å². The summed E-state index contributed by atoms with van der Waals surface area (Å²) in [5.74, 6) is 1.27. The van der Waals surface area contributed by atoms with Gasteiger partial charge in [-0.15, -0.1) is 0 Å². The van der Waals surface area contributed by atoms with E-state index in [1.807, 2.05) is 18.2 Å². The molecule has 0 saturated carbocycles. The van der Waals surface area contributed by atoms with Gasteiger partial charge in [-0.3, -0.25) is 4.79 Å². The molecule has 0 radical (unpaired) electrons. The number of benzene rings is 1. The van der Waals surface area contributed by atoms with Crippen LogP contribution in [-0.2, 0) is 9.53 Å². The molecule has 0 aromatic heterocycles. The Morgan fingerprint density at radius 2 is 2.16 bits per heavy atom. The molecule has 2 aliphatic rings. The van der Waals surface area contributed by atoms with Crippen LogP contribution in [-0.4, -0.2) is 31.6 Å². The number of Topliss-reactive ketones (excluding diaryl/α,β-unsaturated/α-hetero) is 1. The van der Waals surface area contributed by atoms with Crippen LogP contribution < -0.4 is 10.5 Å². The van der Waals surface area contributed by atoms with E-state index in [1.165, 1.54) is 0 Å². The molecule has 19 heavy (non-hydrogen) atoms. The molecule has 3 atom stereocenters. The Bertz CT molecular complexity index is 474. The lowest BCUT2D eigenvalue weighted by atomic mass is 9.84. The first-order valence-corrected chi connectivity index (χ1v) is 6.83. The van der Waals surface area contributed by atoms with Gasteiger partial charge in [0.2, 0.25) is 0 Å². The molecule has 3 unspecified atom stereocenters. The van der Waals surface area contributed by atoms with Crippen molar-refractivity contribution >= 4 is 5.78 Å². The number of para-hydroxylation sites is 1. The molecule has 0 spiro atoms. The summed E-state index contributed by atoms with van der Waals surface area (Å²) in [6.45, 7) is 1.66. The van der Waals surface area contributed by atoms with Gasteiger partial charge in [-0.05, 0) is 24.0 Å². The van der Waals surface area contributed by atoms with Crippen molar-refractivity contribution < 1.29 is 14.3 Å². The number of nitrogens with two attached hydrogens (primary N) is 1. The zero-order chi connectivity index (χ0) is 13.2. The summed E-state index contributed by atoms with van der Waals surface area (Å²) in [6.07, 6.45) is 1.44. The summed E-state index contributed by atoms with van der Waals surface area (Å²) >= 11 is 0. The van der Waals surface area contributed by atoms with E-state index in [4.69, 9.17) is 15.2 Å². The van der Waals surface area contributed by atoms with Gasteiger partial charge in [0.1, 0.15) is 11.5 Å². The van der Waals surface area contributed by atoms with Crippen molar-refractivity contribution in [3.63, 3.8) is 0 Å². The first-order chi connectivity index (χ1) is 9.25. The zero-order valence-electron chi connectivity index (χ0n) is 10.9. The summed E-state index contributed by atoms with van der Waals surface area (Å²) < 4.78 is 10.9. The second kappa shape index (κ2) is 5.31. The van der Waals surface area contributed by atoms with Crippen molar-refractivity contribution in [2.24, 2.45) is 11.7 Å². The third-order valence-electron chi connectivity index (χ3n) is 4.07. The monoisotopic (exact) mass is 261 g/mol. The van der Waals surface area contributed by atoms with E-state index in [2.05, 4.69) is 6.07 Å². The van der Waals surface area contributed by atoms with Gasteiger partial charge in [0.15, 0.2) is 0 Å². The minimum absolute atomic E-state index is 0.130. The smallest absolute Gasteiger partial charge is 0.140 e. The highest BCUT2D eigenvalue weighted by Gasteiger charge is 2.33. The number of ether oxygens (including phenoxy) is 2. The summed E-state index contributed by atoms with van der Waals surface area (Å²) in [7, 11) is 0. The molecule has 4 nitrogen and oxygen atoms in total. The molecule has 0 amide bonds. The molecule has 1 fully saturated rings. The van der Waals surface area contributed by atoms with Crippen LogP contribution in [0.1, 0.15) is 24.3 Å². The molecule has 2 heterocycles. The van der Waals surface area contributed by atoms with Gasteiger partial charge >= 0.3 is 0 Å². The summed E-state index contributed by atoms with van der Waals surface area (Å²) in [4.78, 5) is 12.3. The fraction of sp³-hybridized carbons (Fsp3) is 0.533. The third-order valence-corrected chi connectivity index (χ3v) is 4.07. The molecular weight excluding hydrogens is 242 g/mol. The predicted molar refractivity (Wildman–Crippen MR) is 71.2 cm³/mol. The van der Waals surface area contributed by atoms with E-state index in [9.17, 15) is 4.79 Å². The second-order valence-corrected chi connectivity index (χ2v) is 5.35. The van der Waals surface area contributed by atoms with Crippen molar-refractivity contribution in [3.05, 3.63) is 29.8 Å². The number of rotatable bonds is 3. The quantitative estimate of drug-likeness (QED) is 0.895. The molecule has 1 aromatic carbocycles. The zero-order valence-corrected chi connectivity index (χ0v) is 10.9. The van der Waals surface area contributed by atoms with E-state index >= 15 is 0 Å². The lowest BCUT2D eigenvalue weighted by molar-refractivity contribution is -0.123. The molecule has 1 aromatic rings. The van der Waals surface area contributed by atoms with Crippen molar-refractivity contribution in [1.82, 2.24) is 0 Å². The first-order valence-electron chi connectivity index (χ1n) is 6.83. The Kier molecular flexibility index (Phi) is 3.53. The van der Waals surface area contributed by atoms with Crippen molar-refractivity contribution in [2.75, 3.05) is 19.8 Å². The van der Waals surface area contributed by atoms with E-state index in [0.717, 1.165) is 17.7 Å². The minimum atomic E-state index is -0.136. The summed E-state index contributed by atoms with van der Waals surface area (Å²) in [5, 5.41) is 0. The van der Waals surface area contributed by atoms with Gasteiger partial charge in [0.25, 0.3) is 0 Å². The van der Waals surface area contributed by atoms with Crippen LogP contribution in [0, 0.1) is 5.92 Å². The Morgan fingerprint density at radius 3 is 2.95 bits per heavy atom. The maximum absolute atomic E-state index is 12.3. The lowest BCUT2D eigenvalue weighted by Gasteiger charge is -2.26. The van der Waals surface area contributed by atoms with Gasteiger partial charge in [-0.25, -0.2) is 0 Å². The number of carbonyl (C=O) groups is 1. The standard InChI is InChI=1S/C15H19NO3/c16-13-9-18-8-12(13)14(17)7-10-5-6-19-15-4-2-1-3-11(10)15/h1-4,10,12-13H,5-9,16H2. The SMILES string of the molecule is NC1COCC1C(=O)CC1CCOc2ccccc21. The number of hydrogen-bond acceptors (Lipinski definition) is 4. The van der Waals surface area contributed by atoms with Gasteiger partial charge in [0.05, 0.1) is 25.7 Å². The Balaban J connectivity index is 1.72. The van der Waals surface area contributed by atoms with Crippen LogP contribution in [0.3, 0.4) is 0 Å². The Morgan fingerprint density at radius 1 is 1.32 bits per heavy atom. The molecule has 0 aliphatic carbocycles. The number of carbonyl (C=O) groups excluding carboxylic acids is 1. The third kappa shape index (κ3) is 2.51. The fourth-order valence-electron chi connectivity index (χ4n) is 2.92.